The lowest BCUT2D eigenvalue weighted by Crippen LogP contribution is -2.44. The van der Waals surface area contributed by atoms with Gasteiger partial charge in [0.25, 0.3) is 5.91 Å². The highest BCUT2D eigenvalue weighted by molar-refractivity contribution is 5.97. The van der Waals surface area contributed by atoms with Crippen molar-refractivity contribution in [1.29, 1.82) is 0 Å². The Labute approximate surface area is 138 Å². The minimum absolute atomic E-state index is 0.193. The third-order valence-electron chi connectivity index (χ3n) is 3.57. The quantitative estimate of drug-likeness (QED) is 0.818. The second kappa shape index (κ2) is 8.19. The van der Waals surface area contributed by atoms with Crippen LogP contribution >= 0.6 is 0 Å². The predicted octanol–water partition coefficient (Wildman–Crippen LogP) is 2.57. The van der Waals surface area contributed by atoms with Crippen LogP contribution in [0.4, 0.5) is 8.78 Å². The first-order chi connectivity index (χ1) is 11.5. The van der Waals surface area contributed by atoms with Gasteiger partial charge in [-0.2, -0.15) is 0 Å². The summed E-state index contributed by atoms with van der Waals surface area (Å²) in [5.41, 5.74) is 6.22. The average molecular weight is 332 g/mol. The van der Waals surface area contributed by atoms with Crippen LogP contribution in [0.25, 0.3) is 0 Å². The largest absolute Gasteiger partial charge is 0.368 e. The summed E-state index contributed by atoms with van der Waals surface area (Å²) < 4.78 is 26.3. The molecule has 2 rings (SSSR count). The van der Waals surface area contributed by atoms with Crippen LogP contribution < -0.4 is 11.1 Å². The molecule has 0 saturated carbocycles. The number of aryl methyl sites for hydroxylation is 1. The smallest absolute Gasteiger partial charge is 0.252 e. The first-order valence-electron chi connectivity index (χ1n) is 7.56. The molecule has 0 heterocycles. The number of carbonyl (C=O) groups excluding carboxylic acids is 2. The third kappa shape index (κ3) is 5.15. The molecule has 2 amide bonds. The number of amides is 2. The van der Waals surface area contributed by atoms with Gasteiger partial charge >= 0.3 is 0 Å². The van der Waals surface area contributed by atoms with E-state index in [1.807, 2.05) is 30.3 Å². The van der Waals surface area contributed by atoms with Crippen molar-refractivity contribution in [2.24, 2.45) is 5.73 Å². The Morgan fingerprint density at radius 3 is 2.25 bits per heavy atom. The summed E-state index contributed by atoms with van der Waals surface area (Å²) in [6.07, 6.45) is 1.71. The Balaban J connectivity index is 1.95. The molecule has 3 N–H and O–H groups in total. The zero-order chi connectivity index (χ0) is 17.5. The summed E-state index contributed by atoms with van der Waals surface area (Å²) in [7, 11) is 0. The van der Waals surface area contributed by atoms with Crippen molar-refractivity contribution in [1.82, 2.24) is 5.32 Å². The molecule has 0 radical (unpaired) electrons. The first-order valence-corrected chi connectivity index (χ1v) is 7.56. The maximum Gasteiger partial charge on any atom is 0.252 e. The van der Waals surface area contributed by atoms with E-state index in [-0.39, 0.29) is 5.56 Å². The maximum atomic E-state index is 13.2. The van der Waals surface area contributed by atoms with E-state index in [1.54, 1.807) is 0 Å². The molecular weight excluding hydrogens is 314 g/mol. The lowest BCUT2D eigenvalue weighted by Gasteiger charge is -2.15. The van der Waals surface area contributed by atoms with Gasteiger partial charge in [0.05, 0.1) is 0 Å². The molecule has 0 bridgehead atoms. The molecule has 0 aliphatic carbocycles. The lowest BCUT2D eigenvalue weighted by molar-refractivity contribution is -0.120. The van der Waals surface area contributed by atoms with Crippen LogP contribution in [0, 0.1) is 11.6 Å². The van der Waals surface area contributed by atoms with Crippen LogP contribution in [0.1, 0.15) is 28.8 Å². The van der Waals surface area contributed by atoms with Crippen LogP contribution in [0.15, 0.2) is 48.5 Å². The molecule has 0 saturated heterocycles. The van der Waals surface area contributed by atoms with Gasteiger partial charge in [0.1, 0.15) is 17.7 Å². The Hall–Kier alpha value is -2.76. The molecule has 1 atom stereocenters. The molecular formula is C18H18F2N2O2. The fraction of sp³-hybridized carbons (Fsp3) is 0.222. The van der Waals surface area contributed by atoms with Crippen molar-refractivity contribution in [2.45, 2.75) is 25.3 Å². The fourth-order valence-electron chi connectivity index (χ4n) is 2.37. The van der Waals surface area contributed by atoms with Crippen molar-refractivity contribution in [2.75, 3.05) is 0 Å². The standard InChI is InChI=1S/C18H18F2N2O2/c19-14-9-13(10-15(20)11-14)18(24)22-16(17(21)23)8-4-7-12-5-2-1-3-6-12/h1-3,5-6,9-11,16H,4,7-8H2,(H2,21,23)(H,22,24)/t16-/m0/s1. The van der Waals surface area contributed by atoms with Crippen LogP contribution in [-0.4, -0.2) is 17.9 Å². The summed E-state index contributed by atoms with van der Waals surface area (Å²) in [6.45, 7) is 0. The molecule has 4 nitrogen and oxygen atoms in total. The van der Waals surface area contributed by atoms with E-state index >= 15 is 0 Å². The topological polar surface area (TPSA) is 72.2 Å². The summed E-state index contributed by atoms with van der Waals surface area (Å²) >= 11 is 0. The third-order valence-corrected chi connectivity index (χ3v) is 3.57. The highest BCUT2D eigenvalue weighted by Gasteiger charge is 2.19. The fourth-order valence-corrected chi connectivity index (χ4v) is 2.37. The normalized spacial score (nSPS) is 11.8. The average Bonchev–Trinajstić information content (AvgIpc) is 2.53. The molecule has 0 aliphatic heterocycles. The number of carbonyl (C=O) groups is 2. The van der Waals surface area contributed by atoms with E-state index in [4.69, 9.17) is 5.73 Å². The Morgan fingerprint density at radius 1 is 1.04 bits per heavy atom. The van der Waals surface area contributed by atoms with E-state index in [0.29, 0.717) is 18.9 Å². The molecule has 2 aromatic rings. The van der Waals surface area contributed by atoms with Crippen molar-refractivity contribution in [3.05, 3.63) is 71.3 Å². The van der Waals surface area contributed by atoms with Crippen LogP contribution in [0.3, 0.4) is 0 Å². The summed E-state index contributed by atoms with van der Waals surface area (Å²) in [4.78, 5) is 23.5. The number of halogens is 2. The summed E-state index contributed by atoms with van der Waals surface area (Å²) in [5.74, 6) is -3.15. The van der Waals surface area contributed by atoms with Crippen LogP contribution in [0.2, 0.25) is 0 Å². The number of rotatable bonds is 7. The Bertz CT molecular complexity index is 700. The molecule has 24 heavy (non-hydrogen) atoms. The minimum Gasteiger partial charge on any atom is -0.368 e. The highest BCUT2D eigenvalue weighted by Crippen LogP contribution is 2.10. The highest BCUT2D eigenvalue weighted by atomic mass is 19.1. The van der Waals surface area contributed by atoms with Gasteiger partial charge in [-0.1, -0.05) is 30.3 Å². The number of nitrogens with two attached hydrogens (primary N) is 1. The molecule has 0 fully saturated rings. The number of benzene rings is 2. The molecule has 6 heteroatoms. The molecule has 0 spiro atoms. The van der Waals surface area contributed by atoms with Crippen LogP contribution in [-0.2, 0) is 11.2 Å². The van der Waals surface area contributed by atoms with Gasteiger partial charge in [0.15, 0.2) is 0 Å². The predicted molar refractivity (Wildman–Crippen MR) is 86.2 cm³/mol. The van der Waals surface area contributed by atoms with Crippen molar-refractivity contribution >= 4 is 11.8 Å². The second-order valence-electron chi connectivity index (χ2n) is 5.46. The number of primary amides is 1. The minimum atomic E-state index is -0.896. The zero-order valence-electron chi connectivity index (χ0n) is 13.0. The van der Waals surface area contributed by atoms with E-state index < -0.39 is 29.5 Å². The molecule has 0 aliphatic rings. The van der Waals surface area contributed by atoms with E-state index in [1.165, 1.54) is 0 Å². The van der Waals surface area contributed by atoms with Crippen LogP contribution in [0.5, 0.6) is 0 Å². The van der Waals surface area contributed by atoms with Crippen molar-refractivity contribution in [3.8, 4) is 0 Å². The van der Waals surface area contributed by atoms with Gasteiger partial charge in [-0.25, -0.2) is 8.78 Å². The zero-order valence-corrected chi connectivity index (χ0v) is 13.0. The van der Waals surface area contributed by atoms with Gasteiger partial charge in [-0.15, -0.1) is 0 Å². The number of hydrogen-bond acceptors (Lipinski definition) is 2. The SMILES string of the molecule is NC(=O)[C@H](CCCc1ccccc1)NC(=O)c1cc(F)cc(F)c1. The Kier molecular flexibility index (Phi) is 6.01. The maximum absolute atomic E-state index is 13.2. The van der Waals surface area contributed by atoms with Gasteiger partial charge in [-0.3, -0.25) is 9.59 Å². The molecule has 0 aromatic heterocycles. The monoisotopic (exact) mass is 332 g/mol. The van der Waals surface area contributed by atoms with Gasteiger partial charge in [0, 0.05) is 11.6 Å². The van der Waals surface area contributed by atoms with E-state index in [9.17, 15) is 18.4 Å². The first kappa shape index (κ1) is 17.6. The van der Waals surface area contributed by atoms with Crippen molar-refractivity contribution in [3.63, 3.8) is 0 Å². The van der Waals surface area contributed by atoms with Gasteiger partial charge in [-0.05, 0) is 37.0 Å². The molecule has 126 valence electrons. The lowest BCUT2D eigenvalue weighted by atomic mass is 10.0. The van der Waals surface area contributed by atoms with Crippen molar-refractivity contribution < 1.29 is 18.4 Å². The number of hydrogen-bond donors (Lipinski definition) is 2. The van der Waals surface area contributed by atoms with Gasteiger partial charge in [0.2, 0.25) is 5.91 Å². The molecule has 2 aromatic carbocycles. The van der Waals surface area contributed by atoms with Gasteiger partial charge < -0.3 is 11.1 Å². The van der Waals surface area contributed by atoms with E-state index in [0.717, 1.165) is 24.1 Å². The molecule has 0 unspecified atom stereocenters. The Morgan fingerprint density at radius 2 is 1.67 bits per heavy atom. The number of nitrogens with one attached hydrogen (secondary N) is 1. The second-order valence-corrected chi connectivity index (χ2v) is 5.46. The summed E-state index contributed by atoms with van der Waals surface area (Å²) in [6, 6.07) is 11.3. The summed E-state index contributed by atoms with van der Waals surface area (Å²) in [5, 5.41) is 2.43. The van der Waals surface area contributed by atoms with E-state index in [2.05, 4.69) is 5.32 Å².